The lowest BCUT2D eigenvalue weighted by Gasteiger charge is -2.20. The van der Waals surface area contributed by atoms with Crippen LogP contribution in [0.15, 0.2) is 30.3 Å². The van der Waals surface area contributed by atoms with Gasteiger partial charge < -0.3 is 4.74 Å². The monoisotopic (exact) mass is 289 g/mol. The Bertz CT molecular complexity index is 452. The SMILES string of the molecule is O=C(CCC1CCCCC1)NC(=O)OCc1ccccc1. The van der Waals surface area contributed by atoms with Crippen molar-refractivity contribution in [3.63, 3.8) is 0 Å². The van der Waals surface area contributed by atoms with Crippen LogP contribution >= 0.6 is 0 Å². The minimum Gasteiger partial charge on any atom is -0.444 e. The van der Waals surface area contributed by atoms with Crippen LogP contribution in [0, 0.1) is 5.92 Å². The van der Waals surface area contributed by atoms with Gasteiger partial charge in [0.05, 0.1) is 0 Å². The van der Waals surface area contributed by atoms with Crippen LogP contribution in [-0.2, 0) is 16.1 Å². The van der Waals surface area contributed by atoms with Crippen molar-refractivity contribution in [3.05, 3.63) is 35.9 Å². The first kappa shape index (κ1) is 15.5. The molecule has 0 spiro atoms. The first-order valence-electron chi connectivity index (χ1n) is 7.74. The molecule has 1 aromatic rings. The zero-order chi connectivity index (χ0) is 14.9. The van der Waals surface area contributed by atoms with Crippen LogP contribution in [0.5, 0.6) is 0 Å². The molecule has 0 aliphatic heterocycles. The van der Waals surface area contributed by atoms with E-state index in [9.17, 15) is 9.59 Å². The Morgan fingerprint density at radius 2 is 1.81 bits per heavy atom. The van der Waals surface area contributed by atoms with Gasteiger partial charge in [0.15, 0.2) is 0 Å². The van der Waals surface area contributed by atoms with Gasteiger partial charge in [-0.3, -0.25) is 10.1 Å². The van der Waals surface area contributed by atoms with E-state index in [1.165, 1.54) is 32.1 Å². The molecule has 0 aromatic heterocycles. The Balaban J connectivity index is 1.61. The van der Waals surface area contributed by atoms with Crippen LogP contribution in [-0.4, -0.2) is 12.0 Å². The highest BCUT2D eigenvalue weighted by atomic mass is 16.5. The molecular weight excluding hydrogens is 266 g/mol. The zero-order valence-corrected chi connectivity index (χ0v) is 12.3. The molecule has 2 rings (SSSR count). The summed E-state index contributed by atoms with van der Waals surface area (Å²) in [6.07, 6.45) is 6.90. The number of rotatable bonds is 5. The summed E-state index contributed by atoms with van der Waals surface area (Å²) in [6.45, 7) is 0.183. The number of hydrogen-bond acceptors (Lipinski definition) is 3. The number of benzene rings is 1. The van der Waals surface area contributed by atoms with E-state index in [0.29, 0.717) is 12.3 Å². The fourth-order valence-corrected chi connectivity index (χ4v) is 2.75. The van der Waals surface area contributed by atoms with Crippen molar-refractivity contribution in [3.8, 4) is 0 Å². The van der Waals surface area contributed by atoms with Crippen LogP contribution in [0.2, 0.25) is 0 Å². The van der Waals surface area contributed by atoms with E-state index in [2.05, 4.69) is 5.32 Å². The second-order valence-corrected chi connectivity index (χ2v) is 5.65. The average molecular weight is 289 g/mol. The van der Waals surface area contributed by atoms with Crippen molar-refractivity contribution in [1.29, 1.82) is 0 Å². The fraction of sp³-hybridized carbons (Fsp3) is 0.529. The molecule has 1 fully saturated rings. The third-order valence-electron chi connectivity index (χ3n) is 3.96. The minimum absolute atomic E-state index is 0.183. The van der Waals surface area contributed by atoms with Gasteiger partial charge in [-0.05, 0) is 17.9 Å². The highest BCUT2D eigenvalue weighted by Gasteiger charge is 2.16. The zero-order valence-electron chi connectivity index (χ0n) is 12.3. The molecule has 2 amide bonds. The van der Waals surface area contributed by atoms with Gasteiger partial charge in [-0.2, -0.15) is 0 Å². The molecule has 0 heterocycles. The van der Waals surface area contributed by atoms with E-state index in [0.717, 1.165) is 12.0 Å². The highest BCUT2D eigenvalue weighted by Crippen LogP contribution is 2.27. The smallest absolute Gasteiger partial charge is 0.414 e. The van der Waals surface area contributed by atoms with Gasteiger partial charge in [0.2, 0.25) is 5.91 Å². The Morgan fingerprint density at radius 3 is 2.52 bits per heavy atom. The second kappa shape index (κ2) is 8.45. The highest BCUT2D eigenvalue weighted by molar-refractivity contribution is 5.91. The number of carbonyl (C=O) groups excluding carboxylic acids is 2. The van der Waals surface area contributed by atoms with Crippen molar-refractivity contribution in [2.45, 2.75) is 51.6 Å². The standard InChI is InChI=1S/C17H23NO3/c19-16(12-11-14-7-3-1-4-8-14)18-17(20)21-13-15-9-5-2-6-10-15/h2,5-6,9-10,14H,1,3-4,7-8,11-13H2,(H,18,19,20). The molecule has 1 aromatic carbocycles. The lowest BCUT2D eigenvalue weighted by atomic mass is 9.86. The fourth-order valence-electron chi connectivity index (χ4n) is 2.75. The van der Waals surface area contributed by atoms with Gasteiger partial charge in [-0.25, -0.2) is 4.79 Å². The van der Waals surface area contributed by atoms with E-state index in [4.69, 9.17) is 4.74 Å². The van der Waals surface area contributed by atoms with Gasteiger partial charge in [0.25, 0.3) is 0 Å². The van der Waals surface area contributed by atoms with E-state index in [1.54, 1.807) is 0 Å². The number of nitrogens with one attached hydrogen (secondary N) is 1. The molecule has 0 atom stereocenters. The van der Waals surface area contributed by atoms with Gasteiger partial charge in [0, 0.05) is 6.42 Å². The van der Waals surface area contributed by atoms with Crippen LogP contribution in [0.25, 0.3) is 0 Å². The quantitative estimate of drug-likeness (QED) is 0.897. The largest absolute Gasteiger partial charge is 0.444 e. The first-order valence-corrected chi connectivity index (χ1v) is 7.74. The van der Waals surface area contributed by atoms with E-state index < -0.39 is 6.09 Å². The normalized spacial score (nSPS) is 15.4. The molecule has 4 heteroatoms. The summed E-state index contributed by atoms with van der Waals surface area (Å²) in [5.41, 5.74) is 0.905. The summed E-state index contributed by atoms with van der Waals surface area (Å²) >= 11 is 0. The molecule has 0 bridgehead atoms. The summed E-state index contributed by atoms with van der Waals surface area (Å²) in [5.74, 6) is 0.406. The van der Waals surface area contributed by atoms with Crippen molar-refractivity contribution >= 4 is 12.0 Å². The molecule has 114 valence electrons. The van der Waals surface area contributed by atoms with Crippen LogP contribution < -0.4 is 5.32 Å². The Hall–Kier alpha value is -1.84. The maximum absolute atomic E-state index is 11.7. The first-order chi connectivity index (χ1) is 10.2. The molecule has 0 radical (unpaired) electrons. The minimum atomic E-state index is -0.660. The lowest BCUT2D eigenvalue weighted by molar-refractivity contribution is -0.120. The van der Waals surface area contributed by atoms with Crippen molar-refractivity contribution < 1.29 is 14.3 Å². The van der Waals surface area contributed by atoms with Crippen LogP contribution in [0.4, 0.5) is 4.79 Å². The summed E-state index contributed by atoms with van der Waals surface area (Å²) in [6, 6.07) is 9.41. The van der Waals surface area contributed by atoms with Crippen LogP contribution in [0.1, 0.15) is 50.5 Å². The predicted molar refractivity (Wildman–Crippen MR) is 80.6 cm³/mol. The van der Waals surface area contributed by atoms with Gasteiger partial charge >= 0.3 is 6.09 Å². The topological polar surface area (TPSA) is 55.4 Å². The third-order valence-corrected chi connectivity index (χ3v) is 3.96. The number of hydrogen-bond donors (Lipinski definition) is 1. The summed E-state index contributed by atoms with van der Waals surface area (Å²) < 4.78 is 5.02. The van der Waals surface area contributed by atoms with E-state index >= 15 is 0 Å². The van der Waals surface area contributed by atoms with E-state index in [-0.39, 0.29) is 12.5 Å². The van der Waals surface area contributed by atoms with Crippen molar-refractivity contribution in [1.82, 2.24) is 5.32 Å². The lowest BCUT2D eigenvalue weighted by Crippen LogP contribution is -2.31. The van der Waals surface area contributed by atoms with Crippen LogP contribution in [0.3, 0.4) is 0 Å². The van der Waals surface area contributed by atoms with Crippen molar-refractivity contribution in [2.24, 2.45) is 5.92 Å². The number of carbonyl (C=O) groups is 2. The molecule has 0 unspecified atom stereocenters. The third kappa shape index (κ3) is 5.98. The molecule has 1 N–H and O–H groups in total. The predicted octanol–water partition coefficient (Wildman–Crippen LogP) is 3.80. The molecule has 1 aliphatic rings. The number of amides is 2. The molecule has 1 aliphatic carbocycles. The van der Waals surface area contributed by atoms with Gasteiger partial charge in [0.1, 0.15) is 6.61 Å². The van der Waals surface area contributed by atoms with E-state index in [1.807, 2.05) is 30.3 Å². The summed E-state index contributed by atoms with van der Waals surface area (Å²) in [4.78, 5) is 23.2. The summed E-state index contributed by atoms with van der Waals surface area (Å²) in [7, 11) is 0. The second-order valence-electron chi connectivity index (χ2n) is 5.65. The molecule has 0 saturated heterocycles. The Kier molecular flexibility index (Phi) is 6.25. The number of imide groups is 1. The Labute approximate surface area is 125 Å². The maximum Gasteiger partial charge on any atom is 0.414 e. The Morgan fingerprint density at radius 1 is 1.10 bits per heavy atom. The molecule has 21 heavy (non-hydrogen) atoms. The maximum atomic E-state index is 11.7. The summed E-state index contributed by atoms with van der Waals surface area (Å²) in [5, 5.41) is 2.29. The molecule has 4 nitrogen and oxygen atoms in total. The number of ether oxygens (including phenoxy) is 1. The van der Waals surface area contributed by atoms with Gasteiger partial charge in [-0.1, -0.05) is 62.4 Å². The van der Waals surface area contributed by atoms with Gasteiger partial charge in [-0.15, -0.1) is 0 Å². The van der Waals surface area contributed by atoms with Crippen molar-refractivity contribution in [2.75, 3.05) is 0 Å². The average Bonchev–Trinajstić information content (AvgIpc) is 2.53. The molecule has 1 saturated carbocycles. The molecular formula is C17H23NO3. The number of alkyl carbamates (subject to hydrolysis) is 1.